The van der Waals surface area contributed by atoms with E-state index < -0.39 is 11.6 Å². The number of carbonyl (C=O) groups excluding carboxylic acids is 1. The zero-order valence-electron chi connectivity index (χ0n) is 14.9. The van der Waals surface area contributed by atoms with Crippen molar-refractivity contribution in [3.8, 4) is 0 Å². The van der Waals surface area contributed by atoms with Crippen LogP contribution in [0.2, 0.25) is 0 Å². The lowest BCUT2D eigenvalue weighted by atomic mass is 9.77. The van der Waals surface area contributed by atoms with Gasteiger partial charge in [0, 0.05) is 50.1 Å². The van der Waals surface area contributed by atoms with E-state index in [0.717, 1.165) is 37.8 Å². The summed E-state index contributed by atoms with van der Waals surface area (Å²) in [5, 5.41) is 0. The van der Waals surface area contributed by atoms with Gasteiger partial charge in [-0.25, -0.2) is 18.7 Å². The molecular formula is C19H21F2N5O. The number of nitrogen functional groups attached to an aromatic ring is 1. The number of anilines is 2. The van der Waals surface area contributed by atoms with Crippen LogP contribution in [0.1, 0.15) is 24.8 Å². The maximum atomic E-state index is 13.4. The molecule has 4 rings (SSSR count). The average Bonchev–Trinajstić information content (AvgIpc) is 2.89. The smallest absolute Gasteiger partial charge is 0.223 e. The first-order valence-corrected chi connectivity index (χ1v) is 8.98. The third kappa shape index (κ3) is 3.70. The van der Waals surface area contributed by atoms with E-state index in [2.05, 4.69) is 14.9 Å². The minimum atomic E-state index is -0.621. The van der Waals surface area contributed by atoms with Crippen molar-refractivity contribution in [1.29, 1.82) is 0 Å². The largest absolute Gasteiger partial charge is 0.384 e. The van der Waals surface area contributed by atoms with E-state index in [1.165, 1.54) is 18.5 Å². The van der Waals surface area contributed by atoms with E-state index in [1.807, 2.05) is 0 Å². The fraction of sp³-hybridized carbons (Fsp3) is 0.421. The molecule has 1 aromatic carbocycles. The van der Waals surface area contributed by atoms with Crippen molar-refractivity contribution < 1.29 is 13.6 Å². The fourth-order valence-corrected chi connectivity index (χ4v) is 4.13. The zero-order valence-corrected chi connectivity index (χ0v) is 14.9. The van der Waals surface area contributed by atoms with Gasteiger partial charge in [-0.05, 0) is 30.5 Å². The molecule has 1 amide bonds. The number of nitrogens with zero attached hydrogens (tertiary/aromatic N) is 4. The number of amides is 1. The highest BCUT2D eigenvalue weighted by molar-refractivity contribution is 5.79. The van der Waals surface area contributed by atoms with Crippen molar-refractivity contribution in [3.63, 3.8) is 0 Å². The van der Waals surface area contributed by atoms with Crippen molar-refractivity contribution >= 4 is 17.5 Å². The van der Waals surface area contributed by atoms with Crippen molar-refractivity contribution in [2.75, 3.05) is 30.3 Å². The molecule has 0 radical (unpaired) electrons. The molecule has 0 bridgehead atoms. The van der Waals surface area contributed by atoms with Crippen LogP contribution < -0.4 is 10.6 Å². The van der Waals surface area contributed by atoms with Gasteiger partial charge in [0.15, 0.2) is 0 Å². The number of aromatic nitrogens is 2. The summed E-state index contributed by atoms with van der Waals surface area (Å²) in [6, 6.07) is 5.15. The van der Waals surface area contributed by atoms with Gasteiger partial charge in [-0.3, -0.25) is 4.79 Å². The monoisotopic (exact) mass is 373 g/mol. The van der Waals surface area contributed by atoms with Crippen LogP contribution in [-0.2, 0) is 11.3 Å². The number of rotatable bonds is 3. The summed E-state index contributed by atoms with van der Waals surface area (Å²) >= 11 is 0. The Kier molecular flexibility index (Phi) is 4.41. The molecule has 2 aliphatic rings. The second-order valence-electron chi connectivity index (χ2n) is 7.49. The molecule has 3 heterocycles. The van der Waals surface area contributed by atoms with E-state index in [0.29, 0.717) is 24.3 Å². The Labute approximate surface area is 156 Å². The third-order valence-corrected chi connectivity index (χ3v) is 5.52. The van der Waals surface area contributed by atoms with Gasteiger partial charge in [-0.2, -0.15) is 0 Å². The lowest BCUT2D eigenvalue weighted by Gasteiger charge is -2.39. The summed E-state index contributed by atoms with van der Waals surface area (Å²) in [6.07, 6.45) is 3.64. The molecule has 142 valence electrons. The minimum absolute atomic E-state index is 0.0411. The standard InChI is InChI=1S/C19H21F2N5O/c20-14-5-13(6-15(21)7-14)10-26-11-19(9-18(26)27)1-3-25(4-2-19)17-8-16(22)23-12-24-17/h5-8,12H,1-4,9-11H2,(H2,22,23,24). The molecule has 0 atom stereocenters. The van der Waals surface area contributed by atoms with Crippen LogP contribution in [0.15, 0.2) is 30.6 Å². The van der Waals surface area contributed by atoms with Crippen LogP contribution in [0.4, 0.5) is 20.4 Å². The number of carbonyl (C=O) groups is 1. The molecule has 2 saturated heterocycles. The number of piperidine rings is 1. The van der Waals surface area contributed by atoms with E-state index in [1.54, 1.807) is 11.0 Å². The summed E-state index contributed by atoms with van der Waals surface area (Å²) < 4.78 is 26.8. The lowest BCUT2D eigenvalue weighted by Crippen LogP contribution is -2.42. The average molecular weight is 373 g/mol. The Bertz CT molecular complexity index is 847. The van der Waals surface area contributed by atoms with Crippen LogP contribution in [0.3, 0.4) is 0 Å². The summed E-state index contributed by atoms with van der Waals surface area (Å²) in [5.41, 5.74) is 6.12. The van der Waals surface area contributed by atoms with Gasteiger partial charge in [0.2, 0.25) is 5.91 Å². The summed E-state index contributed by atoms with van der Waals surface area (Å²) in [4.78, 5) is 24.6. The van der Waals surface area contributed by atoms with Crippen molar-refractivity contribution in [1.82, 2.24) is 14.9 Å². The Morgan fingerprint density at radius 3 is 2.44 bits per heavy atom. The van der Waals surface area contributed by atoms with Gasteiger partial charge in [0.1, 0.15) is 29.6 Å². The van der Waals surface area contributed by atoms with Crippen molar-refractivity contribution in [2.45, 2.75) is 25.8 Å². The van der Waals surface area contributed by atoms with Crippen LogP contribution in [0, 0.1) is 17.0 Å². The van der Waals surface area contributed by atoms with Gasteiger partial charge in [-0.15, -0.1) is 0 Å². The lowest BCUT2D eigenvalue weighted by molar-refractivity contribution is -0.128. The highest BCUT2D eigenvalue weighted by Crippen LogP contribution is 2.42. The van der Waals surface area contributed by atoms with E-state index >= 15 is 0 Å². The second-order valence-corrected chi connectivity index (χ2v) is 7.49. The Balaban J connectivity index is 1.42. The third-order valence-electron chi connectivity index (χ3n) is 5.52. The van der Waals surface area contributed by atoms with E-state index in [-0.39, 0.29) is 17.9 Å². The molecule has 1 aromatic heterocycles. The van der Waals surface area contributed by atoms with Crippen LogP contribution in [0.5, 0.6) is 0 Å². The maximum Gasteiger partial charge on any atom is 0.223 e. The summed E-state index contributed by atoms with van der Waals surface area (Å²) in [7, 11) is 0. The Hall–Kier alpha value is -2.77. The first-order valence-electron chi connectivity index (χ1n) is 8.98. The molecule has 8 heteroatoms. The molecule has 2 aromatic rings. The SMILES string of the molecule is Nc1cc(N2CCC3(CC2)CC(=O)N(Cc2cc(F)cc(F)c2)C3)ncn1. The van der Waals surface area contributed by atoms with Gasteiger partial charge in [0.25, 0.3) is 0 Å². The predicted octanol–water partition coefficient (Wildman–Crippen LogP) is 2.36. The highest BCUT2D eigenvalue weighted by Gasteiger charge is 2.44. The molecule has 0 unspecified atom stereocenters. The Morgan fingerprint density at radius 1 is 1.07 bits per heavy atom. The molecule has 0 aliphatic carbocycles. The minimum Gasteiger partial charge on any atom is -0.384 e. The van der Waals surface area contributed by atoms with Gasteiger partial charge < -0.3 is 15.5 Å². The molecule has 27 heavy (non-hydrogen) atoms. The van der Waals surface area contributed by atoms with E-state index in [4.69, 9.17) is 5.73 Å². The quantitative estimate of drug-likeness (QED) is 0.894. The molecule has 2 aliphatic heterocycles. The maximum absolute atomic E-state index is 13.4. The number of nitrogens with two attached hydrogens (primary N) is 1. The normalized spacial score (nSPS) is 19.1. The number of hydrogen-bond donors (Lipinski definition) is 1. The number of hydrogen-bond acceptors (Lipinski definition) is 5. The topological polar surface area (TPSA) is 75.3 Å². The van der Waals surface area contributed by atoms with Crippen molar-refractivity contribution in [3.05, 3.63) is 47.8 Å². The molecule has 0 saturated carbocycles. The fourth-order valence-electron chi connectivity index (χ4n) is 4.13. The first-order chi connectivity index (χ1) is 12.9. The molecule has 6 nitrogen and oxygen atoms in total. The summed E-state index contributed by atoms with van der Waals surface area (Å²) in [6.45, 7) is 2.42. The second kappa shape index (κ2) is 6.75. The van der Waals surface area contributed by atoms with Crippen LogP contribution >= 0.6 is 0 Å². The molecule has 2 fully saturated rings. The summed E-state index contributed by atoms with van der Waals surface area (Å²) in [5.74, 6) is 0.0329. The van der Waals surface area contributed by atoms with Crippen LogP contribution in [-0.4, -0.2) is 40.4 Å². The number of halogens is 2. The van der Waals surface area contributed by atoms with Gasteiger partial charge in [0.05, 0.1) is 0 Å². The first kappa shape index (κ1) is 17.6. The van der Waals surface area contributed by atoms with Crippen molar-refractivity contribution in [2.24, 2.45) is 5.41 Å². The molecule has 1 spiro atoms. The Morgan fingerprint density at radius 2 is 1.78 bits per heavy atom. The molecular weight excluding hydrogens is 352 g/mol. The van der Waals surface area contributed by atoms with Gasteiger partial charge >= 0.3 is 0 Å². The van der Waals surface area contributed by atoms with Gasteiger partial charge in [-0.1, -0.05) is 0 Å². The number of benzene rings is 1. The zero-order chi connectivity index (χ0) is 19.0. The predicted molar refractivity (Wildman–Crippen MR) is 96.7 cm³/mol. The highest BCUT2D eigenvalue weighted by atomic mass is 19.1. The van der Waals surface area contributed by atoms with Crippen LogP contribution in [0.25, 0.3) is 0 Å². The van der Waals surface area contributed by atoms with E-state index in [9.17, 15) is 13.6 Å². The molecule has 2 N–H and O–H groups in total. The number of likely N-dealkylation sites (tertiary alicyclic amines) is 1.